The third-order valence-corrected chi connectivity index (χ3v) is 7.12. The predicted molar refractivity (Wildman–Crippen MR) is 118 cm³/mol. The van der Waals surface area contributed by atoms with E-state index in [4.69, 9.17) is 4.74 Å². The fourth-order valence-electron chi connectivity index (χ4n) is 3.58. The fourth-order valence-corrected chi connectivity index (χ4v) is 4.80. The van der Waals surface area contributed by atoms with Crippen molar-refractivity contribution in [2.45, 2.75) is 17.4 Å². The molecule has 154 valence electrons. The largest absolute Gasteiger partial charge is 0.463 e. The Morgan fingerprint density at radius 1 is 0.933 bits per heavy atom. The highest BCUT2D eigenvalue weighted by atomic mass is 32.2. The summed E-state index contributed by atoms with van der Waals surface area (Å²) in [4.78, 5) is 4.89. The second kappa shape index (κ2) is 8.05. The smallest absolute Gasteiger partial charge is 0.242 e. The van der Waals surface area contributed by atoms with Crippen molar-refractivity contribution in [3.05, 3.63) is 102 Å². The number of benzene rings is 3. The Morgan fingerprint density at radius 3 is 2.17 bits per heavy atom. The van der Waals surface area contributed by atoms with Gasteiger partial charge in [-0.25, -0.2) is 13.4 Å². The van der Waals surface area contributed by atoms with E-state index >= 15 is 0 Å². The maximum absolute atomic E-state index is 13.2. The summed E-state index contributed by atoms with van der Waals surface area (Å²) in [5, 5.41) is 0. The van der Waals surface area contributed by atoms with Gasteiger partial charge in [-0.2, -0.15) is 4.31 Å². The molecule has 4 rings (SSSR count). The van der Waals surface area contributed by atoms with Crippen LogP contribution in [-0.2, 0) is 20.4 Å². The second-order valence-corrected chi connectivity index (χ2v) is 9.57. The molecule has 0 saturated heterocycles. The number of nitrogens with zero attached hydrogens (tertiary/aromatic N) is 2. The second-order valence-electron chi connectivity index (χ2n) is 7.52. The van der Waals surface area contributed by atoms with Gasteiger partial charge >= 0.3 is 0 Å². The highest BCUT2D eigenvalue weighted by Crippen LogP contribution is 2.34. The molecule has 1 heterocycles. The first kappa shape index (κ1) is 20.3. The van der Waals surface area contributed by atoms with Crippen molar-refractivity contribution >= 4 is 15.9 Å². The molecule has 3 aromatic rings. The van der Waals surface area contributed by atoms with Crippen molar-refractivity contribution in [2.75, 3.05) is 20.1 Å². The van der Waals surface area contributed by atoms with E-state index < -0.39 is 15.6 Å². The van der Waals surface area contributed by atoms with E-state index in [0.717, 1.165) is 16.7 Å². The van der Waals surface area contributed by atoms with E-state index in [1.165, 1.54) is 4.31 Å². The lowest BCUT2D eigenvalue weighted by Crippen LogP contribution is -2.44. The van der Waals surface area contributed by atoms with Crippen LogP contribution in [0.1, 0.15) is 16.7 Å². The van der Waals surface area contributed by atoms with Gasteiger partial charge in [0.15, 0.2) is 5.60 Å². The minimum Gasteiger partial charge on any atom is -0.463 e. The Hall–Kier alpha value is -2.96. The SMILES string of the molecule is Cc1ccc(S(=O)(=O)N(C)CC2(c3ccccc3)CN=C(c3ccccc3)O2)cc1. The van der Waals surface area contributed by atoms with Gasteiger partial charge in [-0.05, 0) is 36.8 Å². The van der Waals surface area contributed by atoms with Crippen LogP contribution in [0.5, 0.6) is 0 Å². The van der Waals surface area contributed by atoms with E-state index in [2.05, 4.69) is 4.99 Å². The van der Waals surface area contributed by atoms with Crippen LogP contribution in [0.2, 0.25) is 0 Å². The molecule has 0 bridgehead atoms. The molecule has 0 spiro atoms. The molecule has 0 aromatic heterocycles. The summed E-state index contributed by atoms with van der Waals surface area (Å²) in [5.41, 5.74) is 1.89. The zero-order valence-electron chi connectivity index (χ0n) is 17.0. The summed E-state index contributed by atoms with van der Waals surface area (Å²) < 4.78 is 34.1. The van der Waals surface area contributed by atoms with Crippen molar-refractivity contribution in [2.24, 2.45) is 4.99 Å². The zero-order chi connectivity index (χ0) is 21.2. The molecule has 6 heteroatoms. The van der Waals surface area contributed by atoms with Crippen LogP contribution < -0.4 is 0 Å². The van der Waals surface area contributed by atoms with E-state index in [-0.39, 0.29) is 11.4 Å². The molecule has 0 aliphatic carbocycles. The summed E-state index contributed by atoms with van der Waals surface area (Å²) in [7, 11) is -2.08. The quantitative estimate of drug-likeness (QED) is 0.606. The van der Waals surface area contributed by atoms with Crippen molar-refractivity contribution in [3.8, 4) is 0 Å². The molecule has 1 aliphatic heterocycles. The molecular weight excluding hydrogens is 396 g/mol. The third kappa shape index (κ3) is 3.88. The molecule has 5 nitrogen and oxygen atoms in total. The first-order valence-electron chi connectivity index (χ1n) is 9.78. The fraction of sp³-hybridized carbons (Fsp3) is 0.208. The van der Waals surface area contributed by atoms with Crippen molar-refractivity contribution < 1.29 is 13.2 Å². The third-order valence-electron chi connectivity index (χ3n) is 5.30. The van der Waals surface area contributed by atoms with Crippen LogP contribution in [0.25, 0.3) is 0 Å². The molecule has 0 N–H and O–H groups in total. The van der Waals surface area contributed by atoms with Gasteiger partial charge in [0.2, 0.25) is 15.9 Å². The van der Waals surface area contributed by atoms with Crippen LogP contribution in [0, 0.1) is 6.92 Å². The van der Waals surface area contributed by atoms with Gasteiger partial charge in [0, 0.05) is 12.6 Å². The van der Waals surface area contributed by atoms with Gasteiger partial charge < -0.3 is 4.74 Å². The topological polar surface area (TPSA) is 59.0 Å². The summed E-state index contributed by atoms with van der Waals surface area (Å²) in [6.45, 7) is 2.42. The molecular formula is C24H24N2O3S. The van der Waals surface area contributed by atoms with E-state index in [1.807, 2.05) is 67.6 Å². The first-order valence-corrected chi connectivity index (χ1v) is 11.2. The van der Waals surface area contributed by atoms with Crippen LogP contribution in [0.4, 0.5) is 0 Å². The zero-order valence-corrected chi connectivity index (χ0v) is 17.8. The van der Waals surface area contributed by atoms with E-state index in [9.17, 15) is 8.42 Å². The van der Waals surface area contributed by atoms with Gasteiger partial charge in [-0.15, -0.1) is 0 Å². The van der Waals surface area contributed by atoms with Crippen molar-refractivity contribution in [1.82, 2.24) is 4.31 Å². The van der Waals surface area contributed by atoms with Gasteiger partial charge in [0.1, 0.15) is 0 Å². The van der Waals surface area contributed by atoms with Gasteiger partial charge in [0.25, 0.3) is 0 Å². The Kier molecular flexibility index (Phi) is 5.45. The highest BCUT2D eigenvalue weighted by Gasteiger charge is 2.43. The van der Waals surface area contributed by atoms with Gasteiger partial charge in [0.05, 0.1) is 18.0 Å². The molecule has 1 unspecified atom stereocenters. The predicted octanol–water partition coefficient (Wildman–Crippen LogP) is 3.99. The first-order chi connectivity index (χ1) is 14.4. The molecule has 0 fully saturated rings. The highest BCUT2D eigenvalue weighted by molar-refractivity contribution is 7.89. The van der Waals surface area contributed by atoms with E-state index in [1.54, 1.807) is 31.3 Å². The molecule has 3 aromatic carbocycles. The molecule has 1 aliphatic rings. The van der Waals surface area contributed by atoms with Gasteiger partial charge in [-0.1, -0.05) is 66.2 Å². The number of sulfonamides is 1. The number of hydrogen-bond donors (Lipinski definition) is 0. The Balaban J connectivity index is 1.66. The number of aliphatic imine (C=N–C) groups is 1. The molecule has 30 heavy (non-hydrogen) atoms. The average molecular weight is 421 g/mol. The number of aryl methyl sites for hydroxylation is 1. The van der Waals surface area contributed by atoms with Crippen LogP contribution in [0.15, 0.2) is 94.8 Å². The number of rotatable bonds is 6. The average Bonchev–Trinajstić information content (AvgIpc) is 3.20. The Morgan fingerprint density at radius 2 is 1.53 bits per heavy atom. The van der Waals surface area contributed by atoms with E-state index in [0.29, 0.717) is 12.4 Å². The lowest BCUT2D eigenvalue weighted by Gasteiger charge is -2.32. The maximum Gasteiger partial charge on any atom is 0.242 e. The van der Waals surface area contributed by atoms with Crippen LogP contribution >= 0.6 is 0 Å². The van der Waals surface area contributed by atoms with Crippen molar-refractivity contribution in [3.63, 3.8) is 0 Å². The molecule has 1 atom stereocenters. The van der Waals surface area contributed by atoms with Crippen LogP contribution in [0.3, 0.4) is 0 Å². The lowest BCUT2D eigenvalue weighted by atomic mass is 9.94. The van der Waals surface area contributed by atoms with Crippen LogP contribution in [-0.4, -0.2) is 38.8 Å². The standard InChI is InChI=1S/C24H24N2O3S/c1-19-13-15-22(16-14-19)30(27,28)26(2)18-24(21-11-7-4-8-12-21)17-25-23(29-24)20-9-5-3-6-10-20/h3-16H,17-18H2,1-2H3. The van der Waals surface area contributed by atoms with Gasteiger partial charge in [-0.3, -0.25) is 0 Å². The summed E-state index contributed by atoms with van der Waals surface area (Å²) >= 11 is 0. The lowest BCUT2D eigenvalue weighted by molar-refractivity contribution is 0.0684. The molecule has 0 radical (unpaired) electrons. The summed E-state index contributed by atoms with van der Waals surface area (Å²) in [6.07, 6.45) is 0. The number of ether oxygens (including phenoxy) is 1. The summed E-state index contributed by atoms with van der Waals surface area (Å²) in [6, 6.07) is 26.2. The van der Waals surface area contributed by atoms with Crippen molar-refractivity contribution in [1.29, 1.82) is 0 Å². The summed E-state index contributed by atoms with van der Waals surface area (Å²) in [5.74, 6) is 0.528. The normalized spacial score (nSPS) is 18.8. The Bertz CT molecular complexity index is 1140. The minimum absolute atomic E-state index is 0.146. The minimum atomic E-state index is -3.67. The molecule has 0 saturated carbocycles. The molecule has 0 amide bonds. The Labute approximate surface area is 177 Å². The maximum atomic E-state index is 13.2. The number of hydrogen-bond acceptors (Lipinski definition) is 4. The number of likely N-dealkylation sites (N-methyl/N-ethyl adjacent to an activating group) is 1. The monoisotopic (exact) mass is 420 g/mol.